The zero-order chi connectivity index (χ0) is 12.5. The van der Waals surface area contributed by atoms with Crippen LogP contribution in [0.2, 0.25) is 0 Å². The van der Waals surface area contributed by atoms with Crippen LogP contribution >= 0.6 is 11.3 Å². The van der Waals surface area contributed by atoms with Gasteiger partial charge in [-0.3, -0.25) is 0 Å². The average Bonchev–Trinajstić information content (AvgIpc) is 2.56. The molecular weight excluding hydrogens is 248 g/mol. The van der Waals surface area contributed by atoms with E-state index in [4.69, 9.17) is 10.5 Å². The van der Waals surface area contributed by atoms with Crippen LogP contribution in [0.4, 0.5) is 11.8 Å². The van der Waals surface area contributed by atoms with Crippen molar-refractivity contribution >= 4 is 33.3 Å². The van der Waals surface area contributed by atoms with Gasteiger partial charge < -0.3 is 15.4 Å². The van der Waals surface area contributed by atoms with Crippen LogP contribution in [-0.4, -0.2) is 36.3 Å². The molecule has 1 aliphatic heterocycles. The summed E-state index contributed by atoms with van der Waals surface area (Å²) < 4.78 is 5.48. The highest BCUT2D eigenvalue weighted by molar-refractivity contribution is 7.18. The van der Waals surface area contributed by atoms with Crippen molar-refractivity contribution in [3.63, 3.8) is 0 Å². The number of hydrogen-bond acceptors (Lipinski definition) is 6. The molecule has 1 fully saturated rings. The quantitative estimate of drug-likeness (QED) is 0.851. The second kappa shape index (κ2) is 4.70. The van der Waals surface area contributed by atoms with Crippen molar-refractivity contribution in [3.05, 3.63) is 10.9 Å². The molecule has 1 aliphatic rings. The lowest BCUT2D eigenvalue weighted by atomic mass is 10.3. The van der Waals surface area contributed by atoms with E-state index in [2.05, 4.69) is 27.9 Å². The zero-order valence-corrected chi connectivity index (χ0v) is 11.2. The van der Waals surface area contributed by atoms with E-state index in [9.17, 15) is 0 Å². The summed E-state index contributed by atoms with van der Waals surface area (Å²) in [7, 11) is 0. The van der Waals surface area contributed by atoms with E-state index in [-0.39, 0.29) is 0 Å². The Kier molecular flexibility index (Phi) is 3.05. The molecule has 0 atom stereocenters. The summed E-state index contributed by atoms with van der Waals surface area (Å²) in [4.78, 5) is 13.2. The largest absolute Gasteiger partial charge is 0.380 e. The van der Waals surface area contributed by atoms with Gasteiger partial charge in [-0.1, -0.05) is 0 Å². The molecule has 0 unspecified atom stereocenters. The smallest absolute Gasteiger partial charge is 0.223 e. The van der Waals surface area contributed by atoms with Crippen molar-refractivity contribution in [2.45, 2.75) is 13.3 Å². The molecule has 96 valence electrons. The first-order valence-corrected chi connectivity index (χ1v) is 6.92. The van der Waals surface area contributed by atoms with Crippen molar-refractivity contribution < 1.29 is 4.74 Å². The van der Waals surface area contributed by atoms with E-state index >= 15 is 0 Å². The summed E-state index contributed by atoms with van der Waals surface area (Å²) in [6, 6.07) is 2.14. The fraction of sp³-hybridized carbons (Fsp3) is 0.500. The van der Waals surface area contributed by atoms with Crippen molar-refractivity contribution in [1.29, 1.82) is 0 Å². The third-order valence-corrected chi connectivity index (χ3v) is 3.98. The highest BCUT2D eigenvalue weighted by Crippen LogP contribution is 2.31. The van der Waals surface area contributed by atoms with Gasteiger partial charge >= 0.3 is 0 Å². The Bertz CT molecular complexity index is 560. The van der Waals surface area contributed by atoms with Gasteiger partial charge in [0.2, 0.25) is 5.95 Å². The molecule has 0 amide bonds. The minimum atomic E-state index is 0.351. The predicted octanol–water partition coefficient (Wildman–Crippen LogP) is 1.81. The molecule has 0 aromatic carbocycles. The van der Waals surface area contributed by atoms with Gasteiger partial charge in [0.15, 0.2) is 0 Å². The number of aryl methyl sites for hydroxylation is 1. The van der Waals surface area contributed by atoms with E-state index in [0.717, 1.165) is 48.8 Å². The molecule has 2 aromatic heterocycles. The third-order valence-electron chi connectivity index (χ3n) is 3.03. The van der Waals surface area contributed by atoms with Crippen molar-refractivity contribution in [2.75, 3.05) is 36.9 Å². The fourth-order valence-electron chi connectivity index (χ4n) is 2.24. The molecule has 2 N–H and O–H groups in total. The Labute approximate surface area is 110 Å². The number of ether oxygens (including phenoxy) is 1. The molecule has 0 bridgehead atoms. The number of rotatable bonds is 1. The maximum atomic E-state index is 5.81. The molecule has 3 rings (SSSR count). The average molecular weight is 264 g/mol. The molecule has 2 aromatic rings. The second-order valence-electron chi connectivity index (χ2n) is 4.43. The summed E-state index contributed by atoms with van der Waals surface area (Å²) in [6.07, 6.45) is 1.02. The number of hydrogen-bond donors (Lipinski definition) is 1. The van der Waals surface area contributed by atoms with Crippen LogP contribution in [0.1, 0.15) is 11.3 Å². The van der Waals surface area contributed by atoms with E-state index in [1.54, 1.807) is 11.3 Å². The van der Waals surface area contributed by atoms with Crippen LogP contribution in [-0.2, 0) is 4.74 Å². The molecule has 0 radical (unpaired) electrons. The van der Waals surface area contributed by atoms with Crippen LogP contribution in [0.3, 0.4) is 0 Å². The monoisotopic (exact) mass is 264 g/mol. The molecule has 0 saturated carbocycles. The predicted molar refractivity (Wildman–Crippen MR) is 74.2 cm³/mol. The van der Waals surface area contributed by atoms with E-state index in [1.807, 2.05) is 0 Å². The minimum absolute atomic E-state index is 0.351. The van der Waals surface area contributed by atoms with Crippen molar-refractivity contribution in [2.24, 2.45) is 0 Å². The Morgan fingerprint density at radius 2 is 2.22 bits per heavy atom. The highest BCUT2D eigenvalue weighted by Gasteiger charge is 2.17. The molecule has 5 nitrogen and oxygen atoms in total. The number of nitrogens with two attached hydrogens (primary N) is 1. The summed E-state index contributed by atoms with van der Waals surface area (Å²) in [5.74, 6) is 1.30. The van der Waals surface area contributed by atoms with Crippen LogP contribution in [0.15, 0.2) is 6.07 Å². The molecule has 0 spiro atoms. The van der Waals surface area contributed by atoms with Gasteiger partial charge in [0.1, 0.15) is 10.6 Å². The lowest BCUT2D eigenvalue weighted by Crippen LogP contribution is -2.27. The first kappa shape index (κ1) is 11.7. The molecule has 18 heavy (non-hydrogen) atoms. The van der Waals surface area contributed by atoms with Crippen LogP contribution in [0, 0.1) is 6.92 Å². The Hall–Kier alpha value is -1.40. The number of nitrogen functional groups attached to an aromatic ring is 1. The van der Waals surface area contributed by atoms with Crippen molar-refractivity contribution in [3.8, 4) is 0 Å². The normalized spacial score (nSPS) is 17.1. The Morgan fingerprint density at radius 1 is 1.33 bits per heavy atom. The maximum absolute atomic E-state index is 5.81. The minimum Gasteiger partial charge on any atom is -0.380 e. The molecule has 3 heterocycles. The Balaban J connectivity index is 2.08. The molecule has 1 saturated heterocycles. The second-order valence-corrected chi connectivity index (χ2v) is 5.67. The first-order valence-electron chi connectivity index (χ1n) is 6.10. The van der Waals surface area contributed by atoms with Crippen molar-refractivity contribution in [1.82, 2.24) is 9.97 Å². The number of nitrogens with zero attached hydrogens (tertiary/aromatic N) is 3. The van der Waals surface area contributed by atoms with Gasteiger partial charge in [-0.25, -0.2) is 4.98 Å². The standard InChI is InChI=1S/C12H16N4OS/c1-8-7-9-10(14-12(13)15-11(9)18-8)16-3-2-5-17-6-4-16/h7H,2-6H2,1H3,(H2,13,14,15). The van der Waals surface area contributed by atoms with Gasteiger partial charge in [-0.15, -0.1) is 11.3 Å². The Morgan fingerprint density at radius 3 is 3.11 bits per heavy atom. The molecular formula is C12H16N4OS. The number of anilines is 2. The lowest BCUT2D eigenvalue weighted by Gasteiger charge is -2.21. The van der Waals surface area contributed by atoms with E-state index in [1.165, 1.54) is 4.88 Å². The van der Waals surface area contributed by atoms with Gasteiger partial charge in [-0.05, 0) is 19.4 Å². The maximum Gasteiger partial charge on any atom is 0.223 e. The summed E-state index contributed by atoms with van der Waals surface area (Å²) in [5, 5.41) is 1.11. The zero-order valence-electron chi connectivity index (χ0n) is 10.3. The SMILES string of the molecule is Cc1cc2c(N3CCCOCC3)nc(N)nc2s1. The van der Waals surface area contributed by atoms with E-state index < -0.39 is 0 Å². The number of fused-ring (bicyclic) bond motifs is 1. The van der Waals surface area contributed by atoms with Gasteiger partial charge in [0, 0.05) is 24.6 Å². The van der Waals surface area contributed by atoms with Gasteiger partial charge in [-0.2, -0.15) is 4.98 Å². The molecule has 6 heteroatoms. The van der Waals surface area contributed by atoms with Gasteiger partial charge in [0.25, 0.3) is 0 Å². The van der Waals surface area contributed by atoms with Crippen LogP contribution in [0.5, 0.6) is 0 Å². The third kappa shape index (κ3) is 2.13. The van der Waals surface area contributed by atoms with Gasteiger partial charge in [0.05, 0.1) is 12.0 Å². The summed E-state index contributed by atoms with van der Waals surface area (Å²) in [5.41, 5.74) is 5.81. The first-order chi connectivity index (χ1) is 8.74. The molecule has 0 aliphatic carbocycles. The van der Waals surface area contributed by atoms with Crippen LogP contribution < -0.4 is 10.6 Å². The number of aromatic nitrogens is 2. The topological polar surface area (TPSA) is 64.3 Å². The lowest BCUT2D eigenvalue weighted by molar-refractivity contribution is 0.152. The fourth-order valence-corrected chi connectivity index (χ4v) is 3.12. The summed E-state index contributed by atoms with van der Waals surface area (Å²) >= 11 is 1.66. The van der Waals surface area contributed by atoms with Crippen LogP contribution in [0.25, 0.3) is 10.2 Å². The van der Waals surface area contributed by atoms with E-state index in [0.29, 0.717) is 5.95 Å². The summed E-state index contributed by atoms with van der Waals surface area (Å²) in [6.45, 7) is 5.47. The number of thiophene rings is 1. The highest BCUT2D eigenvalue weighted by atomic mass is 32.1.